The maximum atomic E-state index is 15.0. The summed E-state index contributed by atoms with van der Waals surface area (Å²) in [5.41, 5.74) is 1.31. The van der Waals surface area contributed by atoms with Crippen molar-refractivity contribution in [1.82, 2.24) is 4.31 Å². The number of nitrogens with zero attached hydrogens (tertiary/aromatic N) is 2. The number of hydrogen-bond acceptors (Lipinski definition) is 6. The Morgan fingerprint density at radius 1 is 1.11 bits per heavy atom. The summed E-state index contributed by atoms with van der Waals surface area (Å²) in [5.74, 6) is -1.37. The van der Waals surface area contributed by atoms with E-state index < -0.39 is 21.8 Å². The van der Waals surface area contributed by atoms with Gasteiger partial charge in [-0.15, -0.1) is 0 Å². The zero-order chi connectivity index (χ0) is 26.7. The molecule has 0 fully saturated rings. The first kappa shape index (κ1) is 26.5. The third-order valence-electron chi connectivity index (χ3n) is 6.75. The van der Waals surface area contributed by atoms with E-state index in [0.29, 0.717) is 24.9 Å². The molecule has 0 aliphatic carbocycles. The summed E-state index contributed by atoms with van der Waals surface area (Å²) in [6.07, 6.45) is 2.99. The molecule has 37 heavy (non-hydrogen) atoms. The monoisotopic (exact) mass is 524 g/mol. The van der Waals surface area contributed by atoms with Crippen LogP contribution in [0.4, 0.5) is 15.8 Å². The highest BCUT2D eigenvalue weighted by Gasteiger charge is 2.37. The van der Waals surface area contributed by atoms with Crippen LogP contribution in [0, 0.1) is 5.82 Å². The molecule has 7 nitrogen and oxygen atoms in total. The van der Waals surface area contributed by atoms with Crippen molar-refractivity contribution in [3.8, 4) is 11.1 Å². The van der Waals surface area contributed by atoms with Crippen molar-refractivity contribution in [3.05, 3.63) is 77.6 Å². The molecule has 0 amide bonds. The van der Waals surface area contributed by atoms with Gasteiger partial charge in [0.2, 0.25) is 10.0 Å². The Morgan fingerprint density at radius 3 is 2.49 bits per heavy atom. The molecule has 1 heterocycles. The molecule has 1 aliphatic rings. The summed E-state index contributed by atoms with van der Waals surface area (Å²) < 4.78 is 49.0. The molecule has 4 rings (SSSR count). The van der Waals surface area contributed by atoms with Gasteiger partial charge >= 0.3 is 5.97 Å². The van der Waals surface area contributed by atoms with Gasteiger partial charge in [0, 0.05) is 36.4 Å². The average Bonchev–Trinajstić information content (AvgIpc) is 2.99. The topological polar surface area (TPSA) is 84.0 Å². The number of para-hydroxylation sites is 1. The molecule has 1 unspecified atom stereocenters. The van der Waals surface area contributed by atoms with Crippen molar-refractivity contribution in [1.29, 1.82) is 0 Å². The lowest BCUT2D eigenvalue weighted by Gasteiger charge is -2.29. The van der Waals surface area contributed by atoms with Crippen molar-refractivity contribution in [3.63, 3.8) is 0 Å². The van der Waals surface area contributed by atoms with E-state index in [1.54, 1.807) is 7.05 Å². The summed E-state index contributed by atoms with van der Waals surface area (Å²) in [5, 5.41) is 0. The highest BCUT2D eigenvalue weighted by molar-refractivity contribution is 7.89. The number of anilines is 2. The molecular weight excluding hydrogens is 495 g/mol. The summed E-state index contributed by atoms with van der Waals surface area (Å²) >= 11 is 0. The van der Waals surface area contributed by atoms with Gasteiger partial charge in [-0.25, -0.2) is 17.6 Å². The van der Waals surface area contributed by atoms with E-state index in [0.717, 1.165) is 24.6 Å². The molecule has 0 bridgehead atoms. The van der Waals surface area contributed by atoms with E-state index in [9.17, 15) is 18.0 Å². The minimum atomic E-state index is -4.02. The first-order chi connectivity index (χ1) is 17.7. The van der Waals surface area contributed by atoms with Crippen molar-refractivity contribution < 1.29 is 27.1 Å². The fourth-order valence-corrected chi connectivity index (χ4v) is 6.23. The number of fused-ring (bicyclic) bond motifs is 1. The number of ether oxygens (including phenoxy) is 1. The molecule has 9 heteroatoms. The average molecular weight is 525 g/mol. The summed E-state index contributed by atoms with van der Waals surface area (Å²) in [6.45, 7) is 2.44. The Hall–Kier alpha value is -3.56. The molecule has 3 aromatic rings. The second-order valence-electron chi connectivity index (χ2n) is 8.97. The minimum absolute atomic E-state index is 0.0404. The van der Waals surface area contributed by atoms with E-state index >= 15 is 4.39 Å². The van der Waals surface area contributed by atoms with Gasteiger partial charge < -0.3 is 9.64 Å². The lowest BCUT2D eigenvalue weighted by atomic mass is 9.96. The van der Waals surface area contributed by atoms with Crippen molar-refractivity contribution in [2.45, 2.75) is 37.1 Å². The van der Waals surface area contributed by atoms with Crippen molar-refractivity contribution in [2.24, 2.45) is 0 Å². The first-order valence-corrected chi connectivity index (χ1v) is 13.5. The van der Waals surface area contributed by atoms with Gasteiger partial charge in [0.1, 0.15) is 10.7 Å². The maximum Gasteiger partial charge on any atom is 0.337 e. The Labute approximate surface area is 216 Å². The number of rotatable bonds is 7. The molecule has 1 aliphatic heterocycles. The molecule has 3 aromatic carbocycles. The van der Waals surface area contributed by atoms with E-state index in [2.05, 4.69) is 6.92 Å². The summed E-state index contributed by atoms with van der Waals surface area (Å²) in [7, 11) is -1.25. The van der Waals surface area contributed by atoms with Gasteiger partial charge in [-0.1, -0.05) is 38.0 Å². The normalized spacial score (nSPS) is 17.1. The van der Waals surface area contributed by atoms with Crippen LogP contribution in [-0.2, 0) is 14.8 Å². The Bertz CT molecular complexity index is 1430. The van der Waals surface area contributed by atoms with Gasteiger partial charge in [0.25, 0.3) is 0 Å². The van der Waals surface area contributed by atoms with Crippen molar-refractivity contribution in [2.75, 3.05) is 25.6 Å². The minimum Gasteiger partial charge on any atom is -0.465 e. The van der Waals surface area contributed by atoms with Crippen LogP contribution in [0.25, 0.3) is 11.1 Å². The smallest absolute Gasteiger partial charge is 0.337 e. The highest BCUT2D eigenvalue weighted by atomic mass is 32.2. The number of benzene rings is 3. The zero-order valence-corrected chi connectivity index (χ0v) is 21.8. The third kappa shape index (κ3) is 5.01. The number of carbonyl (C=O) groups excluding carboxylic acids is 2. The van der Waals surface area contributed by atoms with Crippen LogP contribution in [0.3, 0.4) is 0 Å². The van der Waals surface area contributed by atoms with Gasteiger partial charge in [-0.2, -0.15) is 4.31 Å². The van der Waals surface area contributed by atoms with Gasteiger partial charge in [-0.05, 0) is 54.4 Å². The standard InChI is InChI=1S/C28H29FN2O5S/c1-4-5-9-22-17-31(21-10-7-6-8-11-21)26-15-20(18-32)23(16-27(26)37(34,35)30(22)2)24-14-19(28(33)36-3)12-13-25(24)29/h6-8,10-16,18,22H,4-5,9,17H2,1-3H3. The van der Waals surface area contributed by atoms with Crippen LogP contribution >= 0.6 is 0 Å². The maximum absolute atomic E-state index is 15.0. The largest absolute Gasteiger partial charge is 0.465 e. The number of esters is 1. The quantitative estimate of drug-likeness (QED) is 0.303. The number of aldehydes is 1. The van der Waals surface area contributed by atoms with Crippen LogP contribution in [0.1, 0.15) is 46.9 Å². The van der Waals surface area contributed by atoms with E-state index in [1.165, 1.54) is 35.7 Å². The molecule has 0 radical (unpaired) electrons. The van der Waals surface area contributed by atoms with Crippen LogP contribution in [0.15, 0.2) is 65.6 Å². The molecule has 0 N–H and O–H groups in total. The summed E-state index contributed by atoms with van der Waals surface area (Å²) in [4.78, 5) is 26.2. The van der Waals surface area contributed by atoms with Gasteiger partial charge in [0.15, 0.2) is 6.29 Å². The van der Waals surface area contributed by atoms with E-state index in [1.807, 2.05) is 35.2 Å². The first-order valence-electron chi connectivity index (χ1n) is 12.0. The lowest BCUT2D eigenvalue weighted by molar-refractivity contribution is 0.0600. The van der Waals surface area contributed by atoms with E-state index in [-0.39, 0.29) is 33.2 Å². The number of unbranched alkanes of at least 4 members (excludes halogenated alkanes) is 1. The second kappa shape index (κ2) is 10.8. The molecule has 1 atom stereocenters. The SMILES string of the molecule is CCCCC1CN(c2ccccc2)c2cc(C=O)c(-c3cc(C(=O)OC)ccc3F)cc2S(=O)(=O)N1C. The number of carbonyl (C=O) groups is 2. The number of sulfonamides is 1. The van der Waals surface area contributed by atoms with Crippen LogP contribution in [0.2, 0.25) is 0 Å². The predicted octanol–water partition coefficient (Wildman–Crippen LogP) is 5.42. The highest BCUT2D eigenvalue weighted by Crippen LogP contribution is 2.41. The van der Waals surface area contributed by atoms with E-state index in [4.69, 9.17) is 4.74 Å². The number of hydrogen-bond donors (Lipinski definition) is 0. The van der Waals surface area contributed by atoms with Crippen molar-refractivity contribution >= 4 is 33.7 Å². The zero-order valence-electron chi connectivity index (χ0n) is 21.0. The fraction of sp³-hybridized carbons (Fsp3) is 0.286. The fourth-order valence-electron chi connectivity index (χ4n) is 4.65. The molecule has 0 saturated carbocycles. The Balaban J connectivity index is 2.00. The predicted molar refractivity (Wildman–Crippen MR) is 140 cm³/mol. The Kier molecular flexibility index (Phi) is 7.75. The molecule has 0 spiro atoms. The number of likely N-dealkylation sites (N-methyl/N-ethyl adjacent to an activating group) is 1. The lowest BCUT2D eigenvalue weighted by Crippen LogP contribution is -2.40. The number of halogens is 1. The summed E-state index contributed by atoms with van der Waals surface area (Å²) in [6, 6.07) is 15.5. The molecular formula is C28H29FN2O5S. The molecule has 0 aromatic heterocycles. The third-order valence-corrected chi connectivity index (χ3v) is 8.69. The van der Waals surface area contributed by atoms with Gasteiger partial charge in [-0.3, -0.25) is 4.79 Å². The molecule has 0 saturated heterocycles. The molecule has 194 valence electrons. The van der Waals surface area contributed by atoms with Crippen LogP contribution in [0.5, 0.6) is 0 Å². The second-order valence-corrected chi connectivity index (χ2v) is 10.9. The van der Waals surface area contributed by atoms with Gasteiger partial charge in [0.05, 0.1) is 18.4 Å². The Morgan fingerprint density at radius 2 is 1.84 bits per heavy atom. The van der Waals surface area contributed by atoms with Crippen LogP contribution in [-0.4, -0.2) is 51.7 Å². The van der Waals surface area contributed by atoms with Crippen LogP contribution < -0.4 is 4.90 Å². The number of methoxy groups -OCH3 is 1.